The summed E-state index contributed by atoms with van der Waals surface area (Å²) in [6.07, 6.45) is 2.72. The van der Waals surface area contributed by atoms with E-state index in [9.17, 15) is 4.79 Å². The zero-order chi connectivity index (χ0) is 11.8. The van der Waals surface area contributed by atoms with Gasteiger partial charge in [-0.2, -0.15) is 0 Å². The highest BCUT2D eigenvalue weighted by Gasteiger charge is 2.57. The SMILES string of the molecule is CC1=NOC2(C(=O)OCC(C)C)CCCC12. The van der Waals surface area contributed by atoms with Crippen LogP contribution in [0.1, 0.15) is 40.0 Å². The number of ether oxygens (including phenoxy) is 1. The molecule has 1 aliphatic carbocycles. The summed E-state index contributed by atoms with van der Waals surface area (Å²) in [6, 6.07) is 0. The molecule has 2 rings (SSSR count). The Labute approximate surface area is 96.0 Å². The number of oxime groups is 1. The van der Waals surface area contributed by atoms with Crippen LogP contribution in [0.15, 0.2) is 5.16 Å². The Morgan fingerprint density at radius 3 is 3.12 bits per heavy atom. The molecular formula is C12H19NO3. The molecule has 2 unspecified atom stereocenters. The number of carbonyl (C=O) groups excluding carboxylic acids is 1. The van der Waals surface area contributed by atoms with Crippen LogP contribution in [-0.2, 0) is 14.4 Å². The highest BCUT2D eigenvalue weighted by molar-refractivity contribution is 5.95. The molecule has 1 heterocycles. The fraction of sp³-hybridized carbons (Fsp3) is 0.833. The maximum atomic E-state index is 12.1. The third-order valence-corrected chi connectivity index (χ3v) is 3.35. The Hall–Kier alpha value is -1.06. The second kappa shape index (κ2) is 4.07. The van der Waals surface area contributed by atoms with E-state index in [4.69, 9.17) is 9.57 Å². The van der Waals surface area contributed by atoms with Crippen molar-refractivity contribution in [3.05, 3.63) is 0 Å². The lowest BCUT2D eigenvalue weighted by Crippen LogP contribution is -2.44. The van der Waals surface area contributed by atoms with Gasteiger partial charge in [-0.3, -0.25) is 0 Å². The summed E-state index contributed by atoms with van der Waals surface area (Å²) in [5.41, 5.74) is 0.137. The van der Waals surface area contributed by atoms with Gasteiger partial charge in [0, 0.05) is 6.42 Å². The first-order chi connectivity index (χ1) is 7.56. The van der Waals surface area contributed by atoms with Gasteiger partial charge in [0.2, 0.25) is 5.60 Å². The van der Waals surface area contributed by atoms with E-state index in [0.717, 1.165) is 25.0 Å². The zero-order valence-electron chi connectivity index (χ0n) is 10.2. The van der Waals surface area contributed by atoms with Crippen molar-refractivity contribution in [1.29, 1.82) is 0 Å². The molecule has 0 bridgehead atoms. The number of fused-ring (bicyclic) bond motifs is 1. The summed E-state index contributed by atoms with van der Waals surface area (Å²) in [4.78, 5) is 17.5. The Morgan fingerprint density at radius 2 is 2.44 bits per heavy atom. The first-order valence-electron chi connectivity index (χ1n) is 5.96. The van der Waals surface area contributed by atoms with Gasteiger partial charge in [-0.15, -0.1) is 0 Å². The Bertz CT molecular complexity index is 324. The van der Waals surface area contributed by atoms with Crippen LogP contribution in [0.3, 0.4) is 0 Å². The average molecular weight is 225 g/mol. The van der Waals surface area contributed by atoms with Crippen LogP contribution in [0, 0.1) is 11.8 Å². The van der Waals surface area contributed by atoms with Gasteiger partial charge in [-0.05, 0) is 25.7 Å². The molecule has 1 aliphatic heterocycles. The minimum atomic E-state index is -0.793. The summed E-state index contributed by atoms with van der Waals surface area (Å²) < 4.78 is 5.30. The van der Waals surface area contributed by atoms with Crippen molar-refractivity contribution in [3.8, 4) is 0 Å². The maximum Gasteiger partial charge on any atom is 0.354 e. The predicted molar refractivity (Wildman–Crippen MR) is 60.1 cm³/mol. The molecule has 90 valence electrons. The second-order valence-corrected chi connectivity index (χ2v) is 5.15. The fourth-order valence-electron chi connectivity index (χ4n) is 2.49. The van der Waals surface area contributed by atoms with Gasteiger partial charge in [0.1, 0.15) is 0 Å². The van der Waals surface area contributed by atoms with Crippen LogP contribution in [0.2, 0.25) is 0 Å². The summed E-state index contributed by atoms with van der Waals surface area (Å²) >= 11 is 0. The third kappa shape index (κ3) is 1.70. The molecule has 0 spiro atoms. The summed E-state index contributed by atoms with van der Waals surface area (Å²) in [6.45, 7) is 6.42. The summed E-state index contributed by atoms with van der Waals surface area (Å²) in [7, 11) is 0. The van der Waals surface area contributed by atoms with Crippen LogP contribution in [-0.4, -0.2) is 23.9 Å². The summed E-state index contributed by atoms with van der Waals surface area (Å²) in [5, 5.41) is 3.96. The lowest BCUT2D eigenvalue weighted by atomic mass is 9.88. The first kappa shape index (κ1) is 11.4. The van der Waals surface area contributed by atoms with Gasteiger partial charge >= 0.3 is 5.97 Å². The van der Waals surface area contributed by atoms with E-state index >= 15 is 0 Å². The topological polar surface area (TPSA) is 47.9 Å². The van der Waals surface area contributed by atoms with Gasteiger partial charge in [0.25, 0.3) is 0 Å². The molecule has 4 nitrogen and oxygen atoms in total. The van der Waals surface area contributed by atoms with Gasteiger partial charge in [-0.25, -0.2) is 4.79 Å². The average Bonchev–Trinajstić information content (AvgIpc) is 2.77. The Kier molecular flexibility index (Phi) is 2.91. The van der Waals surface area contributed by atoms with E-state index in [1.54, 1.807) is 0 Å². The van der Waals surface area contributed by atoms with Crippen molar-refractivity contribution >= 4 is 11.7 Å². The van der Waals surface area contributed by atoms with Crippen molar-refractivity contribution in [2.24, 2.45) is 17.0 Å². The molecule has 0 aromatic heterocycles. The molecule has 16 heavy (non-hydrogen) atoms. The van der Waals surface area contributed by atoms with Crippen molar-refractivity contribution in [3.63, 3.8) is 0 Å². The van der Waals surface area contributed by atoms with E-state index in [2.05, 4.69) is 5.16 Å². The smallest absolute Gasteiger partial charge is 0.354 e. The van der Waals surface area contributed by atoms with Gasteiger partial charge in [-0.1, -0.05) is 19.0 Å². The van der Waals surface area contributed by atoms with E-state index < -0.39 is 5.60 Å². The minimum absolute atomic E-state index is 0.132. The van der Waals surface area contributed by atoms with Crippen LogP contribution in [0.5, 0.6) is 0 Å². The first-order valence-corrected chi connectivity index (χ1v) is 5.96. The number of esters is 1. The largest absolute Gasteiger partial charge is 0.462 e. The quantitative estimate of drug-likeness (QED) is 0.691. The molecule has 4 heteroatoms. The van der Waals surface area contributed by atoms with E-state index in [1.165, 1.54) is 0 Å². The molecule has 0 N–H and O–H groups in total. The van der Waals surface area contributed by atoms with Crippen molar-refractivity contribution in [2.75, 3.05) is 6.61 Å². The Morgan fingerprint density at radius 1 is 1.69 bits per heavy atom. The van der Waals surface area contributed by atoms with Crippen molar-refractivity contribution in [2.45, 2.75) is 45.6 Å². The maximum absolute atomic E-state index is 12.1. The predicted octanol–water partition coefficient (Wildman–Crippen LogP) is 2.13. The fourth-order valence-corrected chi connectivity index (χ4v) is 2.49. The monoisotopic (exact) mass is 225 g/mol. The van der Waals surface area contributed by atoms with E-state index in [0.29, 0.717) is 12.5 Å². The number of rotatable bonds is 3. The van der Waals surface area contributed by atoms with Crippen LogP contribution in [0.25, 0.3) is 0 Å². The molecule has 1 fully saturated rings. The van der Waals surface area contributed by atoms with E-state index in [1.807, 2.05) is 20.8 Å². The highest BCUT2D eigenvalue weighted by Crippen LogP contribution is 2.44. The van der Waals surface area contributed by atoms with Crippen LogP contribution < -0.4 is 0 Å². The van der Waals surface area contributed by atoms with Crippen molar-refractivity contribution < 1.29 is 14.4 Å². The normalized spacial score (nSPS) is 32.2. The van der Waals surface area contributed by atoms with Gasteiger partial charge in [0.15, 0.2) is 0 Å². The molecule has 0 aromatic rings. The molecule has 2 atom stereocenters. The zero-order valence-corrected chi connectivity index (χ0v) is 10.2. The lowest BCUT2D eigenvalue weighted by Gasteiger charge is -2.24. The Balaban J connectivity index is 2.05. The van der Waals surface area contributed by atoms with E-state index in [-0.39, 0.29) is 11.9 Å². The minimum Gasteiger partial charge on any atom is -0.462 e. The lowest BCUT2D eigenvalue weighted by molar-refractivity contribution is -0.173. The number of hydrogen-bond acceptors (Lipinski definition) is 4. The van der Waals surface area contributed by atoms with Crippen LogP contribution in [0.4, 0.5) is 0 Å². The molecule has 2 aliphatic rings. The number of carbonyl (C=O) groups is 1. The molecule has 1 saturated carbocycles. The molecule has 0 aromatic carbocycles. The third-order valence-electron chi connectivity index (χ3n) is 3.35. The molecule has 0 radical (unpaired) electrons. The number of hydrogen-bond donors (Lipinski definition) is 0. The second-order valence-electron chi connectivity index (χ2n) is 5.15. The summed E-state index contributed by atoms with van der Waals surface area (Å²) in [5.74, 6) is 0.250. The molecular weight excluding hydrogens is 206 g/mol. The van der Waals surface area contributed by atoms with Crippen LogP contribution >= 0.6 is 0 Å². The highest BCUT2D eigenvalue weighted by atomic mass is 16.7. The molecule has 0 saturated heterocycles. The standard InChI is InChI=1S/C12H19NO3/c1-8(2)7-15-11(14)12-6-4-5-10(12)9(3)13-16-12/h8,10H,4-7H2,1-3H3. The molecule has 0 amide bonds. The van der Waals surface area contributed by atoms with Gasteiger partial charge < -0.3 is 9.57 Å². The number of nitrogens with zero attached hydrogens (tertiary/aromatic N) is 1. The van der Waals surface area contributed by atoms with Crippen molar-refractivity contribution in [1.82, 2.24) is 0 Å². The van der Waals surface area contributed by atoms with Gasteiger partial charge in [0.05, 0.1) is 18.2 Å².